The maximum Gasteiger partial charge on any atom is 0.338 e. The van der Waals surface area contributed by atoms with Crippen molar-refractivity contribution in [3.8, 4) is 0 Å². The molecule has 2 N–H and O–H groups in total. The fraction of sp³-hybridized carbons (Fsp3) is 0.176. The first-order valence-corrected chi connectivity index (χ1v) is 6.96. The van der Waals surface area contributed by atoms with Crippen LogP contribution < -0.4 is 5.73 Å². The number of hydrogen-bond acceptors (Lipinski definition) is 3. The lowest BCUT2D eigenvalue weighted by Crippen LogP contribution is -2.20. The quantitative estimate of drug-likeness (QED) is 0.694. The van der Waals surface area contributed by atoms with E-state index in [0.29, 0.717) is 12.2 Å². The van der Waals surface area contributed by atoms with Crippen LogP contribution in [0.3, 0.4) is 0 Å². The molecule has 0 saturated carbocycles. The number of rotatable bonds is 3. The summed E-state index contributed by atoms with van der Waals surface area (Å²) in [5, 5.41) is 0. The highest BCUT2D eigenvalue weighted by atomic mass is 16.5. The lowest BCUT2D eigenvalue weighted by molar-refractivity contribution is -0.453. The molecule has 1 heterocycles. The SMILES string of the molecule is CCOC(=O)c1ccc([N+]2=C(N)c3ccccc3C2)cc1. The van der Waals surface area contributed by atoms with Gasteiger partial charge in [-0.1, -0.05) is 18.2 Å². The van der Waals surface area contributed by atoms with Crippen molar-refractivity contribution in [2.24, 2.45) is 5.73 Å². The molecule has 3 rings (SSSR count). The molecule has 1 aliphatic rings. The van der Waals surface area contributed by atoms with Crippen molar-refractivity contribution in [2.45, 2.75) is 13.5 Å². The van der Waals surface area contributed by atoms with E-state index in [4.69, 9.17) is 10.5 Å². The third-order valence-corrected chi connectivity index (χ3v) is 3.60. The molecule has 0 aromatic heterocycles. The average molecular weight is 281 g/mol. The van der Waals surface area contributed by atoms with Crippen molar-refractivity contribution in [2.75, 3.05) is 6.61 Å². The van der Waals surface area contributed by atoms with Gasteiger partial charge in [-0.05, 0) is 37.3 Å². The molecule has 0 fully saturated rings. The predicted molar refractivity (Wildman–Crippen MR) is 80.8 cm³/mol. The second-order valence-electron chi connectivity index (χ2n) is 4.90. The van der Waals surface area contributed by atoms with E-state index < -0.39 is 0 Å². The second kappa shape index (κ2) is 5.40. The minimum absolute atomic E-state index is 0.300. The van der Waals surface area contributed by atoms with Crippen LogP contribution in [0.2, 0.25) is 0 Å². The van der Waals surface area contributed by atoms with Crippen LogP contribution in [0.15, 0.2) is 48.5 Å². The fourth-order valence-electron chi connectivity index (χ4n) is 2.53. The Morgan fingerprint density at radius 1 is 1.19 bits per heavy atom. The van der Waals surface area contributed by atoms with Crippen molar-refractivity contribution in [1.29, 1.82) is 0 Å². The first kappa shape index (κ1) is 13.4. The van der Waals surface area contributed by atoms with Gasteiger partial charge in [0.15, 0.2) is 0 Å². The van der Waals surface area contributed by atoms with Crippen LogP contribution in [0.1, 0.15) is 28.4 Å². The molecule has 0 atom stereocenters. The summed E-state index contributed by atoms with van der Waals surface area (Å²) < 4.78 is 7.02. The molecule has 4 nitrogen and oxygen atoms in total. The Balaban J connectivity index is 1.89. The Bertz CT molecular complexity index is 718. The van der Waals surface area contributed by atoms with E-state index >= 15 is 0 Å². The van der Waals surface area contributed by atoms with Gasteiger partial charge >= 0.3 is 5.97 Å². The summed E-state index contributed by atoms with van der Waals surface area (Å²) >= 11 is 0. The zero-order chi connectivity index (χ0) is 14.8. The van der Waals surface area contributed by atoms with Crippen molar-refractivity contribution in [1.82, 2.24) is 0 Å². The molecule has 0 bridgehead atoms. The van der Waals surface area contributed by atoms with Crippen LogP contribution in [0.25, 0.3) is 0 Å². The number of nitrogens with two attached hydrogens (primary N) is 1. The maximum atomic E-state index is 11.7. The van der Waals surface area contributed by atoms with E-state index in [1.54, 1.807) is 19.1 Å². The highest BCUT2D eigenvalue weighted by molar-refractivity contribution is 5.97. The molecule has 0 saturated heterocycles. The smallest absolute Gasteiger partial charge is 0.338 e. The van der Waals surface area contributed by atoms with Crippen LogP contribution in [0.4, 0.5) is 5.69 Å². The lowest BCUT2D eigenvalue weighted by atomic mass is 10.1. The summed E-state index contributed by atoms with van der Waals surface area (Å²) in [7, 11) is 0. The minimum Gasteiger partial charge on any atom is -0.462 e. The molecule has 0 amide bonds. The van der Waals surface area contributed by atoms with Gasteiger partial charge in [0.05, 0.1) is 17.7 Å². The van der Waals surface area contributed by atoms with E-state index in [9.17, 15) is 4.79 Å². The van der Waals surface area contributed by atoms with Gasteiger partial charge in [-0.15, -0.1) is 0 Å². The van der Waals surface area contributed by atoms with Crippen LogP contribution in [0.5, 0.6) is 0 Å². The van der Waals surface area contributed by atoms with Gasteiger partial charge in [0.25, 0.3) is 5.84 Å². The molecule has 0 aliphatic carbocycles. The Kier molecular flexibility index (Phi) is 3.44. The van der Waals surface area contributed by atoms with E-state index in [1.165, 1.54) is 5.56 Å². The number of fused-ring (bicyclic) bond motifs is 1. The van der Waals surface area contributed by atoms with Crippen LogP contribution in [0, 0.1) is 0 Å². The fourth-order valence-corrected chi connectivity index (χ4v) is 2.53. The molecule has 0 unspecified atom stereocenters. The lowest BCUT2D eigenvalue weighted by Gasteiger charge is -2.05. The largest absolute Gasteiger partial charge is 0.462 e. The van der Waals surface area contributed by atoms with Gasteiger partial charge in [0.1, 0.15) is 12.2 Å². The summed E-state index contributed by atoms with van der Waals surface area (Å²) in [6.07, 6.45) is 0. The van der Waals surface area contributed by atoms with Gasteiger partial charge in [-0.25, -0.2) is 9.37 Å². The number of nitrogens with zero attached hydrogens (tertiary/aromatic N) is 1. The van der Waals surface area contributed by atoms with Crippen molar-refractivity contribution in [3.05, 3.63) is 65.2 Å². The molecule has 2 aromatic rings. The van der Waals surface area contributed by atoms with E-state index in [0.717, 1.165) is 23.6 Å². The summed E-state index contributed by atoms with van der Waals surface area (Å²) in [6.45, 7) is 2.92. The number of carbonyl (C=O) groups excluding carboxylic acids is 1. The number of benzene rings is 2. The Hall–Kier alpha value is -2.62. The molecule has 4 heteroatoms. The number of esters is 1. The van der Waals surface area contributed by atoms with E-state index in [1.807, 2.05) is 34.9 Å². The number of amidine groups is 1. The van der Waals surface area contributed by atoms with Crippen molar-refractivity contribution >= 4 is 17.5 Å². The zero-order valence-electron chi connectivity index (χ0n) is 11.9. The Labute approximate surface area is 123 Å². The highest BCUT2D eigenvalue weighted by Crippen LogP contribution is 2.24. The second-order valence-corrected chi connectivity index (χ2v) is 4.90. The number of ether oxygens (including phenoxy) is 1. The van der Waals surface area contributed by atoms with Gasteiger partial charge in [0, 0.05) is 5.56 Å². The number of hydrogen-bond donors (Lipinski definition) is 1. The summed E-state index contributed by atoms with van der Waals surface area (Å²) in [4.78, 5) is 11.7. The third kappa shape index (κ3) is 2.40. The first-order chi connectivity index (χ1) is 10.2. The predicted octanol–water partition coefficient (Wildman–Crippen LogP) is 2.43. The summed E-state index contributed by atoms with van der Waals surface area (Å²) in [6, 6.07) is 15.4. The van der Waals surface area contributed by atoms with Gasteiger partial charge in [-0.3, -0.25) is 5.73 Å². The molecule has 1 aliphatic heterocycles. The Morgan fingerprint density at radius 2 is 1.90 bits per heavy atom. The summed E-state index contributed by atoms with van der Waals surface area (Å²) in [5.41, 5.74) is 10.0. The van der Waals surface area contributed by atoms with Crippen molar-refractivity contribution in [3.63, 3.8) is 0 Å². The van der Waals surface area contributed by atoms with E-state index in [2.05, 4.69) is 6.07 Å². The molecule has 0 radical (unpaired) electrons. The normalized spacial score (nSPS) is 13.2. The van der Waals surface area contributed by atoms with Crippen LogP contribution in [-0.4, -0.2) is 23.0 Å². The molecule has 0 spiro atoms. The van der Waals surface area contributed by atoms with Gasteiger partial charge in [0.2, 0.25) is 0 Å². The van der Waals surface area contributed by atoms with Gasteiger partial charge in [-0.2, -0.15) is 0 Å². The molecule has 2 aromatic carbocycles. The average Bonchev–Trinajstić information content (AvgIpc) is 2.85. The summed E-state index contributed by atoms with van der Waals surface area (Å²) in [5.74, 6) is 0.445. The minimum atomic E-state index is -0.300. The monoisotopic (exact) mass is 281 g/mol. The molecular weight excluding hydrogens is 264 g/mol. The van der Waals surface area contributed by atoms with Crippen molar-refractivity contribution < 1.29 is 14.1 Å². The third-order valence-electron chi connectivity index (χ3n) is 3.60. The standard InChI is InChI=1S/C17H16N2O2/c1-2-21-17(20)12-7-9-14(10-8-12)19-11-13-5-3-4-6-15(13)16(19)18/h3-10,18H,2,11H2,1H3/p+1. The Morgan fingerprint density at radius 3 is 2.57 bits per heavy atom. The molecule has 21 heavy (non-hydrogen) atoms. The number of carbonyl (C=O) groups is 1. The molecule has 106 valence electrons. The highest BCUT2D eigenvalue weighted by Gasteiger charge is 2.25. The maximum absolute atomic E-state index is 11.7. The van der Waals surface area contributed by atoms with Crippen LogP contribution >= 0.6 is 0 Å². The topological polar surface area (TPSA) is 55.3 Å². The first-order valence-electron chi connectivity index (χ1n) is 6.96. The zero-order valence-corrected chi connectivity index (χ0v) is 11.9. The van der Waals surface area contributed by atoms with Crippen LogP contribution in [-0.2, 0) is 11.3 Å². The van der Waals surface area contributed by atoms with E-state index in [-0.39, 0.29) is 5.97 Å². The molecular formula is C17H17N2O2+. The van der Waals surface area contributed by atoms with Gasteiger partial charge < -0.3 is 4.74 Å².